The standard InChI is InChI=1S/C24H27ClO6/c25-19-15(9-12-1-3-13(4-2-12)14-5-6-14)10-17(16-7-8-30-23(16)19)24-22(29)21(28)20(27)18(11-26)31-24/h1-4,10,14,18,20-22,24,26-29H,5-9,11H2/t18-,20-,21+,22-,24?/m1/s1. The minimum atomic E-state index is -1.43. The summed E-state index contributed by atoms with van der Waals surface area (Å²) >= 11 is 6.69. The molecular weight excluding hydrogens is 420 g/mol. The van der Waals surface area contributed by atoms with Crippen molar-refractivity contribution in [1.29, 1.82) is 0 Å². The largest absolute Gasteiger partial charge is 0.491 e. The smallest absolute Gasteiger partial charge is 0.141 e. The summed E-state index contributed by atoms with van der Waals surface area (Å²) in [5.41, 5.74) is 4.84. The number of halogens is 1. The van der Waals surface area contributed by atoms with E-state index in [-0.39, 0.29) is 0 Å². The molecule has 3 aliphatic rings. The summed E-state index contributed by atoms with van der Waals surface area (Å²) in [6.07, 6.45) is -2.31. The number of hydrogen-bond acceptors (Lipinski definition) is 6. The molecule has 5 atom stereocenters. The number of aliphatic hydroxyl groups excluding tert-OH is 4. The van der Waals surface area contributed by atoms with Crippen LogP contribution in [0.15, 0.2) is 30.3 Å². The highest BCUT2D eigenvalue weighted by molar-refractivity contribution is 6.33. The summed E-state index contributed by atoms with van der Waals surface area (Å²) in [4.78, 5) is 0. The van der Waals surface area contributed by atoms with Gasteiger partial charge in [0.25, 0.3) is 0 Å². The van der Waals surface area contributed by atoms with Crippen LogP contribution in [0.5, 0.6) is 5.75 Å². The molecule has 0 amide bonds. The van der Waals surface area contributed by atoms with E-state index in [1.165, 1.54) is 18.4 Å². The molecule has 1 unspecified atom stereocenters. The fourth-order valence-electron chi connectivity index (χ4n) is 4.70. The van der Waals surface area contributed by atoms with Gasteiger partial charge in [0.2, 0.25) is 0 Å². The summed E-state index contributed by atoms with van der Waals surface area (Å²) < 4.78 is 11.6. The average Bonchev–Trinajstić information content (AvgIpc) is 3.51. The summed E-state index contributed by atoms with van der Waals surface area (Å²) in [6.45, 7) is 0.00689. The van der Waals surface area contributed by atoms with Gasteiger partial charge in [-0.15, -0.1) is 0 Å². The van der Waals surface area contributed by atoms with Crippen LogP contribution in [-0.4, -0.2) is 58.1 Å². The quantitative estimate of drug-likeness (QED) is 0.562. The van der Waals surface area contributed by atoms with Gasteiger partial charge in [0.1, 0.15) is 36.3 Å². The van der Waals surface area contributed by atoms with E-state index in [4.69, 9.17) is 21.1 Å². The van der Waals surface area contributed by atoms with Crippen LogP contribution in [0.3, 0.4) is 0 Å². The molecule has 2 heterocycles. The van der Waals surface area contributed by atoms with Gasteiger partial charge in [-0.1, -0.05) is 41.9 Å². The molecule has 31 heavy (non-hydrogen) atoms. The Morgan fingerprint density at radius 2 is 1.74 bits per heavy atom. The van der Waals surface area contributed by atoms with E-state index in [0.717, 1.165) is 16.7 Å². The molecule has 1 saturated heterocycles. The van der Waals surface area contributed by atoms with Crippen LogP contribution >= 0.6 is 11.6 Å². The zero-order chi connectivity index (χ0) is 21.7. The molecule has 0 radical (unpaired) electrons. The van der Waals surface area contributed by atoms with Gasteiger partial charge >= 0.3 is 0 Å². The lowest BCUT2D eigenvalue weighted by atomic mass is 9.87. The van der Waals surface area contributed by atoms with E-state index in [9.17, 15) is 20.4 Å². The van der Waals surface area contributed by atoms with Gasteiger partial charge in [-0.2, -0.15) is 0 Å². The summed E-state index contributed by atoms with van der Waals surface area (Å²) in [6, 6.07) is 10.5. The van der Waals surface area contributed by atoms with Gasteiger partial charge < -0.3 is 29.9 Å². The van der Waals surface area contributed by atoms with Crippen LogP contribution in [-0.2, 0) is 17.6 Å². The maximum atomic E-state index is 10.7. The molecule has 1 aliphatic carbocycles. The maximum Gasteiger partial charge on any atom is 0.141 e. The second-order valence-electron chi connectivity index (χ2n) is 8.79. The van der Waals surface area contributed by atoms with Crippen molar-refractivity contribution in [1.82, 2.24) is 0 Å². The SMILES string of the molecule is OC[C@H]1OC(c2cc(Cc3ccc(C4CC4)cc3)c(Cl)c3c2CCO3)[C@H](O)[C@@H](O)[C@@H]1O. The van der Waals surface area contributed by atoms with Crippen LogP contribution in [0, 0.1) is 0 Å². The van der Waals surface area contributed by atoms with Crippen LogP contribution in [0.25, 0.3) is 0 Å². The van der Waals surface area contributed by atoms with Crippen molar-refractivity contribution >= 4 is 11.6 Å². The van der Waals surface area contributed by atoms with Crippen molar-refractivity contribution in [3.63, 3.8) is 0 Å². The molecule has 1 saturated carbocycles. The molecule has 4 N–H and O–H groups in total. The number of benzene rings is 2. The number of ether oxygens (including phenoxy) is 2. The molecule has 166 valence electrons. The molecule has 0 bridgehead atoms. The van der Waals surface area contributed by atoms with Crippen LogP contribution in [0.4, 0.5) is 0 Å². The number of fused-ring (bicyclic) bond motifs is 1. The van der Waals surface area contributed by atoms with Crippen molar-refractivity contribution in [2.45, 2.75) is 62.1 Å². The second kappa shape index (κ2) is 8.35. The molecule has 2 fully saturated rings. The van der Waals surface area contributed by atoms with Gasteiger partial charge in [0, 0.05) is 12.0 Å². The molecule has 2 aliphatic heterocycles. The van der Waals surface area contributed by atoms with Gasteiger partial charge in [0.05, 0.1) is 18.2 Å². The third-order valence-corrected chi connectivity index (χ3v) is 7.07. The van der Waals surface area contributed by atoms with Crippen molar-refractivity contribution in [3.8, 4) is 5.75 Å². The maximum absolute atomic E-state index is 10.7. The highest BCUT2D eigenvalue weighted by Crippen LogP contribution is 2.45. The van der Waals surface area contributed by atoms with E-state index in [1.807, 2.05) is 6.07 Å². The van der Waals surface area contributed by atoms with Gasteiger partial charge in [-0.05, 0) is 47.4 Å². The fraction of sp³-hybridized carbons (Fsp3) is 0.500. The minimum Gasteiger partial charge on any atom is -0.491 e. The summed E-state index contributed by atoms with van der Waals surface area (Å²) in [5, 5.41) is 41.2. The molecule has 6 nitrogen and oxygen atoms in total. The molecule has 2 aromatic carbocycles. The van der Waals surface area contributed by atoms with Gasteiger partial charge in [0.15, 0.2) is 0 Å². The van der Waals surface area contributed by atoms with E-state index in [1.54, 1.807) is 0 Å². The minimum absolute atomic E-state index is 0.464. The van der Waals surface area contributed by atoms with E-state index in [2.05, 4.69) is 24.3 Å². The summed E-state index contributed by atoms with van der Waals surface area (Å²) in [5.74, 6) is 1.28. The molecular formula is C24H27ClO6. The molecule has 0 spiro atoms. The Morgan fingerprint density at radius 3 is 2.42 bits per heavy atom. The van der Waals surface area contributed by atoms with Gasteiger partial charge in [-0.3, -0.25) is 0 Å². The first-order valence-electron chi connectivity index (χ1n) is 10.8. The lowest BCUT2D eigenvalue weighted by Crippen LogP contribution is -2.55. The third kappa shape index (κ3) is 3.86. The topological polar surface area (TPSA) is 99.4 Å². The number of aliphatic hydroxyl groups is 4. The van der Waals surface area contributed by atoms with Crippen molar-refractivity contribution in [2.75, 3.05) is 13.2 Å². The first-order chi connectivity index (χ1) is 15.0. The van der Waals surface area contributed by atoms with Crippen molar-refractivity contribution in [2.24, 2.45) is 0 Å². The third-order valence-electron chi connectivity index (χ3n) is 6.65. The Hall–Kier alpha value is -1.67. The zero-order valence-electron chi connectivity index (χ0n) is 17.1. The Labute approximate surface area is 186 Å². The highest BCUT2D eigenvalue weighted by Gasteiger charge is 2.45. The monoisotopic (exact) mass is 446 g/mol. The Kier molecular flexibility index (Phi) is 5.71. The molecule has 5 rings (SSSR count). The normalized spacial score (nSPS) is 30.2. The summed E-state index contributed by atoms with van der Waals surface area (Å²) in [7, 11) is 0. The lowest BCUT2D eigenvalue weighted by molar-refractivity contribution is -0.231. The lowest BCUT2D eigenvalue weighted by Gasteiger charge is -2.40. The first kappa shape index (κ1) is 21.2. The van der Waals surface area contributed by atoms with Crippen molar-refractivity contribution in [3.05, 3.63) is 63.2 Å². The molecule has 7 heteroatoms. The Balaban J connectivity index is 1.50. The van der Waals surface area contributed by atoms with Crippen LogP contribution < -0.4 is 4.74 Å². The predicted octanol–water partition coefficient (Wildman–Crippen LogP) is 2.26. The van der Waals surface area contributed by atoms with E-state index < -0.39 is 37.1 Å². The second-order valence-corrected chi connectivity index (χ2v) is 9.17. The predicted molar refractivity (Wildman–Crippen MR) is 115 cm³/mol. The zero-order valence-corrected chi connectivity index (χ0v) is 17.8. The van der Waals surface area contributed by atoms with E-state index >= 15 is 0 Å². The Morgan fingerprint density at radius 1 is 1.00 bits per heavy atom. The Bertz CT molecular complexity index is 956. The fourth-order valence-corrected chi connectivity index (χ4v) is 4.99. The molecule has 0 aromatic heterocycles. The first-order valence-corrected chi connectivity index (χ1v) is 11.2. The van der Waals surface area contributed by atoms with E-state index in [0.29, 0.717) is 41.7 Å². The van der Waals surface area contributed by atoms with Crippen LogP contribution in [0.1, 0.15) is 52.7 Å². The molecule has 2 aromatic rings. The van der Waals surface area contributed by atoms with Crippen LogP contribution in [0.2, 0.25) is 5.02 Å². The van der Waals surface area contributed by atoms with Gasteiger partial charge in [-0.25, -0.2) is 0 Å². The van der Waals surface area contributed by atoms with Crippen molar-refractivity contribution < 1.29 is 29.9 Å². The highest BCUT2D eigenvalue weighted by atomic mass is 35.5. The average molecular weight is 447 g/mol. The number of rotatable bonds is 5. The number of hydrogen-bond donors (Lipinski definition) is 4.